The van der Waals surface area contributed by atoms with Crippen molar-refractivity contribution in [3.05, 3.63) is 47.5 Å². The number of amides is 1. The zero-order chi connectivity index (χ0) is 24.0. The summed E-state index contributed by atoms with van der Waals surface area (Å²) in [6.07, 6.45) is 3.67. The summed E-state index contributed by atoms with van der Waals surface area (Å²) in [5, 5.41) is 2.92. The summed E-state index contributed by atoms with van der Waals surface area (Å²) < 4.78 is 44.1. The number of nitrogens with one attached hydrogen (secondary N) is 1. The van der Waals surface area contributed by atoms with Gasteiger partial charge in [-0.2, -0.15) is 4.31 Å². The van der Waals surface area contributed by atoms with Crippen LogP contribution in [0.4, 0.5) is 0 Å². The third-order valence-corrected chi connectivity index (χ3v) is 7.78. The summed E-state index contributed by atoms with van der Waals surface area (Å²) in [6.45, 7) is 2.79. The lowest BCUT2D eigenvalue weighted by Gasteiger charge is -2.22. The van der Waals surface area contributed by atoms with Crippen molar-refractivity contribution in [3.8, 4) is 17.2 Å². The summed E-state index contributed by atoms with van der Waals surface area (Å²) in [5.41, 5.74) is 1.07. The van der Waals surface area contributed by atoms with Crippen LogP contribution in [0.25, 0.3) is 0 Å². The van der Waals surface area contributed by atoms with Gasteiger partial charge in [0.25, 0.3) is 5.91 Å². The molecule has 0 aliphatic carbocycles. The van der Waals surface area contributed by atoms with Crippen LogP contribution in [0.5, 0.6) is 17.2 Å². The van der Waals surface area contributed by atoms with Crippen molar-refractivity contribution in [1.29, 1.82) is 0 Å². The first-order chi connectivity index (χ1) is 15.8. The number of hydrogen-bond acceptors (Lipinski definition) is 6. The Morgan fingerprint density at radius 2 is 1.48 bits per heavy atom. The molecule has 1 fully saturated rings. The maximum absolute atomic E-state index is 13.4. The highest BCUT2D eigenvalue weighted by Crippen LogP contribution is 2.31. The fourth-order valence-electron chi connectivity index (χ4n) is 3.93. The molecule has 2 aromatic carbocycles. The molecule has 2 aromatic rings. The second-order valence-electron chi connectivity index (χ2n) is 7.99. The third-order valence-electron chi connectivity index (χ3n) is 5.86. The van der Waals surface area contributed by atoms with Crippen molar-refractivity contribution in [1.82, 2.24) is 9.62 Å². The topological polar surface area (TPSA) is 94.2 Å². The second kappa shape index (κ2) is 10.9. The summed E-state index contributed by atoms with van der Waals surface area (Å²) >= 11 is 0. The number of carbonyl (C=O) groups excluding carboxylic acids is 1. The molecule has 0 aromatic heterocycles. The monoisotopic (exact) mass is 476 g/mol. The standard InChI is InChI=1S/C24H32N2O6S/c1-17(18-9-11-20(30-2)22(15-18)32-4)25-24(27)19-10-12-21(31-3)23(16-19)33(28,29)26-13-7-5-6-8-14-26/h9-12,15-17H,5-8,13-14H2,1-4H3,(H,25,27)/t17-/m1/s1. The molecule has 1 amide bonds. The van der Waals surface area contributed by atoms with E-state index in [4.69, 9.17) is 14.2 Å². The predicted molar refractivity (Wildman–Crippen MR) is 126 cm³/mol. The Labute approximate surface area is 195 Å². The molecule has 1 aliphatic rings. The van der Waals surface area contributed by atoms with Gasteiger partial charge in [0, 0.05) is 18.7 Å². The van der Waals surface area contributed by atoms with E-state index in [-0.39, 0.29) is 28.2 Å². The van der Waals surface area contributed by atoms with E-state index in [9.17, 15) is 13.2 Å². The van der Waals surface area contributed by atoms with Gasteiger partial charge in [-0.15, -0.1) is 0 Å². The fourth-order valence-corrected chi connectivity index (χ4v) is 5.62. The van der Waals surface area contributed by atoms with Gasteiger partial charge < -0.3 is 19.5 Å². The van der Waals surface area contributed by atoms with Crippen LogP contribution in [0.15, 0.2) is 41.3 Å². The molecular weight excluding hydrogens is 444 g/mol. The molecule has 3 rings (SSSR count). The number of benzene rings is 2. The summed E-state index contributed by atoms with van der Waals surface area (Å²) in [7, 11) is 0.752. The maximum Gasteiger partial charge on any atom is 0.251 e. The quantitative estimate of drug-likeness (QED) is 0.623. The summed E-state index contributed by atoms with van der Waals surface area (Å²) in [6, 6.07) is 9.57. The van der Waals surface area contributed by atoms with Crippen LogP contribution < -0.4 is 19.5 Å². The van der Waals surface area contributed by atoms with Crippen LogP contribution in [0.3, 0.4) is 0 Å². The van der Waals surface area contributed by atoms with E-state index in [1.165, 1.54) is 23.5 Å². The van der Waals surface area contributed by atoms with Gasteiger partial charge in [-0.3, -0.25) is 4.79 Å². The normalized spacial score (nSPS) is 15.9. The van der Waals surface area contributed by atoms with Crippen molar-refractivity contribution < 1.29 is 27.4 Å². The zero-order valence-electron chi connectivity index (χ0n) is 19.6. The Hall–Kier alpha value is -2.78. The molecule has 0 saturated carbocycles. The lowest BCUT2D eigenvalue weighted by atomic mass is 10.1. The Balaban J connectivity index is 1.85. The van der Waals surface area contributed by atoms with Gasteiger partial charge >= 0.3 is 0 Å². The van der Waals surface area contributed by atoms with E-state index in [1.54, 1.807) is 32.4 Å². The Bertz CT molecular complexity index is 1080. The molecule has 1 aliphatic heterocycles. The maximum atomic E-state index is 13.4. The van der Waals surface area contributed by atoms with Crippen LogP contribution in [-0.4, -0.2) is 53.0 Å². The Kier molecular flexibility index (Phi) is 8.20. The number of rotatable bonds is 8. The highest BCUT2D eigenvalue weighted by atomic mass is 32.2. The lowest BCUT2D eigenvalue weighted by molar-refractivity contribution is 0.0939. The van der Waals surface area contributed by atoms with Crippen molar-refractivity contribution in [3.63, 3.8) is 0 Å². The minimum absolute atomic E-state index is 0.0123. The highest BCUT2D eigenvalue weighted by Gasteiger charge is 2.29. The molecule has 0 bridgehead atoms. The lowest BCUT2D eigenvalue weighted by Crippen LogP contribution is -2.32. The number of hydrogen-bond donors (Lipinski definition) is 1. The van der Waals surface area contributed by atoms with Crippen LogP contribution in [0.2, 0.25) is 0 Å². The first-order valence-electron chi connectivity index (χ1n) is 11.0. The third kappa shape index (κ3) is 5.59. The van der Waals surface area contributed by atoms with E-state index in [0.29, 0.717) is 24.6 Å². The van der Waals surface area contributed by atoms with Gasteiger partial charge in [0.15, 0.2) is 11.5 Å². The van der Waals surface area contributed by atoms with Crippen LogP contribution in [0, 0.1) is 0 Å². The number of methoxy groups -OCH3 is 3. The Morgan fingerprint density at radius 1 is 0.879 bits per heavy atom. The first-order valence-corrected chi connectivity index (χ1v) is 12.5. The first kappa shape index (κ1) is 24.9. The van der Waals surface area contributed by atoms with Gasteiger partial charge in [0.1, 0.15) is 10.6 Å². The molecule has 1 N–H and O–H groups in total. The summed E-state index contributed by atoms with van der Waals surface area (Å²) in [4.78, 5) is 13.0. The zero-order valence-corrected chi connectivity index (χ0v) is 20.4. The highest BCUT2D eigenvalue weighted by molar-refractivity contribution is 7.89. The molecule has 180 valence electrons. The largest absolute Gasteiger partial charge is 0.495 e. The molecule has 33 heavy (non-hydrogen) atoms. The number of sulfonamides is 1. The molecule has 1 saturated heterocycles. The van der Waals surface area contributed by atoms with Gasteiger partial charge in [0.2, 0.25) is 10.0 Å². The van der Waals surface area contributed by atoms with Crippen molar-refractivity contribution in [2.45, 2.75) is 43.5 Å². The number of carbonyl (C=O) groups is 1. The molecular formula is C24H32N2O6S. The molecule has 1 atom stereocenters. The predicted octanol–water partition coefficient (Wildman–Crippen LogP) is 3.77. The summed E-state index contributed by atoms with van der Waals surface area (Å²) in [5.74, 6) is 1.00. The molecule has 0 spiro atoms. The van der Waals surface area contributed by atoms with Crippen molar-refractivity contribution >= 4 is 15.9 Å². The molecule has 1 heterocycles. The minimum atomic E-state index is -3.78. The van der Waals surface area contributed by atoms with Crippen molar-refractivity contribution in [2.75, 3.05) is 34.4 Å². The van der Waals surface area contributed by atoms with Crippen molar-refractivity contribution in [2.24, 2.45) is 0 Å². The average Bonchev–Trinajstić information content (AvgIpc) is 3.13. The van der Waals surface area contributed by atoms with Crippen LogP contribution >= 0.6 is 0 Å². The van der Waals surface area contributed by atoms with Gasteiger partial charge in [-0.25, -0.2) is 8.42 Å². The van der Waals surface area contributed by atoms with Crippen LogP contribution in [-0.2, 0) is 10.0 Å². The second-order valence-corrected chi connectivity index (χ2v) is 9.90. The average molecular weight is 477 g/mol. The van der Waals surface area contributed by atoms with E-state index in [0.717, 1.165) is 31.2 Å². The smallest absolute Gasteiger partial charge is 0.251 e. The Morgan fingerprint density at radius 3 is 2.09 bits per heavy atom. The molecule has 8 nitrogen and oxygen atoms in total. The van der Waals surface area contributed by atoms with E-state index in [2.05, 4.69) is 5.32 Å². The fraction of sp³-hybridized carbons (Fsp3) is 0.458. The van der Waals surface area contributed by atoms with Crippen LogP contribution in [0.1, 0.15) is 54.6 Å². The van der Waals surface area contributed by atoms with Gasteiger partial charge in [0.05, 0.1) is 27.4 Å². The number of ether oxygens (including phenoxy) is 3. The molecule has 9 heteroatoms. The van der Waals surface area contributed by atoms with E-state index in [1.807, 2.05) is 13.0 Å². The molecule has 0 unspecified atom stereocenters. The molecule has 0 radical (unpaired) electrons. The number of nitrogens with zero attached hydrogens (tertiary/aromatic N) is 1. The van der Waals surface area contributed by atoms with Gasteiger partial charge in [-0.1, -0.05) is 18.9 Å². The van der Waals surface area contributed by atoms with Gasteiger partial charge in [-0.05, 0) is 55.7 Å². The SMILES string of the molecule is COc1ccc([C@@H](C)NC(=O)c2ccc(OC)c(S(=O)(=O)N3CCCCCC3)c2)cc1OC. The van der Waals surface area contributed by atoms with E-state index >= 15 is 0 Å². The van der Waals surface area contributed by atoms with E-state index < -0.39 is 10.0 Å². The minimum Gasteiger partial charge on any atom is -0.495 e.